The number of hydrogen-bond acceptors (Lipinski definition) is 4. The molecular formula is C13H19N3S2. The molecule has 2 heterocycles. The van der Waals surface area contributed by atoms with Gasteiger partial charge >= 0.3 is 0 Å². The molecule has 1 aliphatic heterocycles. The maximum atomic E-state index is 5.68. The first-order valence-corrected chi connectivity index (χ1v) is 7.00. The van der Waals surface area contributed by atoms with Gasteiger partial charge in [0.1, 0.15) is 0 Å². The number of aromatic amines is 1. The SMILES string of the molecule is NC1CCN(S)C(S)C1.c1ccc2[nH]ccc2c1. The number of nitrogens with two attached hydrogens (primary N) is 1. The molecule has 2 atom stereocenters. The largest absolute Gasteiger partial charge is 0.361 e. The third kappa shape index (κ3) is 3.68. The fourth-order valence-corrected chi connectivity index (χ4v) is 2.55. The average Bonchev–Trinajstić information content (AvgIpc) is 2.83. The maximum Gasteiger partial charge on any atom is 0.0638 e. The van der Waals surface area contributed by atoms with E-state index in [1.165, 1.54) is 10.9 Å². The van der Waals surface area contributed by atoms with E-state index in [1.807, 2.05) is 22.6 Å². The third-order valence-electron chi connectivity index (χ3n) is 3.05. The van der Waals surface area contributed by atoms with E-state index in [0.29, 0.717) is 6.04 Å². The summed E-state index contributed by atoms with van der Waals surface area (Å²) in [5, 5.41) is 1.52. The Hall–Kier alpha value is -0.620. The van der Waals surface area contributed by atoms with E-state index in [-0.39, 0.29) is 5.37 Å². The molecule has 2 aromatic rings. The van der Waals surface area contributed by atoms with Crippen LogP contribution < -0.4 is 5.73 Å². The summed E-state index contributed by atoms with van der Waals surface area (Å²) in [6.45, 7) is 0.957. The minimum absolute atomic E-state index is 0.247. The van der Waals surface area contributed by atoms with Crippen molar-refractivity contribution < 1.29 is 0 Å². The van der Waals surface area contributed by atoms with Gasteiger partial charge in [0.25, 0.3) is 0 Å². The lowest BCUT2D eigenvalue weighted by Crippen LogP contribution is -2.39. The third-order valence-corrected chi connectivity index (χ3v) is 4.20. The zero-order chi connectivity index (χ0) is 13.0. The van der Waals surface area contributed by atoms with Crippen LogP contribution in [0.5, 0.6) is 0 Å². The number of benzene rings is 1. The van der Waals surface area contributed by atoms with Crippen LogP contribution in [0.1, 0.15) is 12.8 Å². The van der Waals surface area contributed by atoms with Gasteiger partial charge in [0.15, 0.2) is 0 Å². The fourth-order valence-electron chi connectivity index (χ4n) is 1.95. The molecule has 3 nitrogen and oxygen atoms in total. The topological polar surface area (TPSA) is 45.0 Å². The van der Waals surface area contributed by atoms with E-state index in [1.54, 1.807) is 0 Å². The number of aromatic nitrogens is 1. The summed E-state index contributed by atoms with van der Waals surface area (Å²) in [5.41, 5.74) is 6.88. The zero-order valence-corrected chi connectivity index (χ0v) is 11.9. The minimum Gasteiger partial charge on any atom is -0.361 e. The Balaban J connectivity index is 0.000000134. The molecule has 5 heteroatoms. The van der Waals surface area contributed by atoms with Gasteiger partial charge in [0, 0.05) is 24.3 Å². The van der Waals surface area contributed by atoms with Gasteiger partial charge in [-0.25, -0.2) is 4.31 Å². The second kappa shape index (κ2) is 6.52. The van der Waals surface area contributed by atoms with Crippen LogP contribution in [-0.2, 0) is 0 Å². The van der Waals surface area contributed by atoms with Gasteiger partial charge < -0.3 is 10.7 Å². The summed E-state index contributed by atoms with van der Waals surface area (Å²) in [6.07, 6.45) is 3.94. The van der Waals surface area contributed by atoms with E-state index in [0.717, 1.165) is 19.4 Å². The molecule has 98 valence electrons. The van der Waals surface area contributed by atoms with Gasteiger partial charge in [-0.3, -0.25) is 0 Å². The van der Waals surface area contributed by atoms with E-state index >= 15 is 0 Å². The number of hydrogen-bond donors (Lipinski definition) is 4. The van der Waals surface area contributed by atoms with E-state index in [4.69, 9.17) is 5.73 Å². The molecule has 18 heavy (non-hydrogen) atoms. The number of rotatable bonds is 0. The highest BCUT2D eigenvalue weighted by Gasteiger charge is 2.20. The Morgan fingerprint density at radius 3 is 2.72 bits per heavy atom. The second-order valence-corrected chi connectivity index (χ2v) is 5.60. The lowest BCUT2D eigenvalue weighted by molar-refractivity contribution is 0.326. The predicted molar refractivity (Wildman–Crippen MR) is 84.0 cm³/mol. The monoisotopic (exact) mass is 281 g/mol. The molecule has 0 spiro atoms. The molecule has 0 amide bonds. The van der Waals surface area contributed by atoms with Gasteiger partial charge in [-0.2, -0.15) is 12.6 Å². The van der Waals surface area contributed by atoms with Crippen LogP contribution in [0.2, 0.25) is 0 Å². The van der Waals surface area contributed by atoms with Crippen molar-refractivity contribution in [2.75, 3.05) is 6.54 Å². The fraction of sp³-hybridized carbons (Fsp3) is 0.385. The first kappa shape index (κ1) is 13.8. The standard InChI is InChI=1S/C8H7N.C5H12N2S2/c1-2-4-8-7(3-1)5-6-9-8;6-4-1-2-7(9)5(8)3-4/h1-6,9H;4-5,8-9H,1-3,6H2. The summed E-state index contributed by atoms with van der Waals surface area (Å²) < 4.78 is 1.92. The highest BCUT2D eigenvalue weighted by molar-refractivity contribution is 7.83. The highest BCUT2D eigenvalue weighted by Crippen LogP contribution is 2.19. The van der Waals surface area contributed by atoms with Crippen LogP contribution >= 0.6 is 25.4 Å². The van der Waals surface area contributed by atoms with Crippen molar-refractivity contribution >= 4 is 36.3 Å². The molecule has 0 saturated carbocycles. The predicted octanol–water partition coefficient (Wildman–Crippen LogP) is 2.68. The normalized spacial score (nSPS) is 24.6. The van der Waals surface area contributed by atoms with Gasteiger partial charge in [-0.15, -0.1) is 0 Å². The maximum absolute atomic E-state index is 5.68. The van der Waals surface area contributed by atoms with E-state index in [2.05, 4.69) is 48.6 Å². The van der Waals surface area contributed by atoms with Crippen molar-refractivity contribution in [2.45, 2.75) is 24.3 Å². The van der Waals surface area contributed by atoms with E-state index < -0.39 is 0 Å². The number of fused-ring (bicyclic) bond motifs is 1. The second-order valence-electron chi connectivity index (χ2n) is 4.49. The molecular weight excluding hydrogens is 262 g/mol. The van der Waals surface area contributed by atoms with Crippen LogP contribution in [-0.4, -0.2) is 27.2 Å². The van der Waals surface area contributed by atoms with Crippen LogP contribution in [0, 0.1) is 0 Å². The lowest BCUT2D eigenvalue weighted by atomic mass is 10.1. The summed E-state index contributed by atoms with van der Waals surface area (Å²) in [7, 11) is 0. The summed E-state index contributed by atoms with van der Waals surface area (Å²) >= 11 is 8.48. The Labute approximate surface area is 119 Å². The van der Waals surface area contributed by atoms with Crippen LogP contribution in [0.25, 0.3) is 10.9 Å². The number of nitrogens with zero attached hydrogens (tertiary/aromatic N) is 1. The summed E-state index contributed by atoms with van der Waals surface area (Å²) in [4.78, 5) is 3.12. The summed E-state index contributed by atoms with van der Waals surface area (Å²) in [5.74, 6) is 0. The molecule has 2 unspecified atom stereocenters. The summed E-state index contributed by atoms with van der Waals surface area (Å²) in [6, 6.07) is 10.6. The van der Waals surface area contributed by atoms with Crippen molar-refractivity contribution in [3.63, 3.8) is 0 Å². The number of H-pyrrole nitrogens is 1. The van der Waals surface area contributed by atoms with Crippen LogP contribution in [0.4, 0.5) is 0 Å². The van der Waals surface area contributed by atoms with Gasteiger partial charge in [0.05, 0.1) is 5.37 Å². The van der Waals surface area contributed by atoms with Crippen LogP contribution in [0.3, 0.4) is 0 Å². The molecule has 3 rings (SSSR count). The van der Waals surface area contributed by atoms with Crippen molar-refractivity contribution in [1.82, 2.24) is 9.29 Å². The Morgan fingerprint density at radius 2 is 2.06 bits per heavy atom. The average molecular weight is 281 g/mol. The molecule has 0 bridgehead atoms. The van der Waals surface area contributed by atoms with Gasteiger partial charge in [-0.1, -0.05) is 31.0 Å². The van der Waals surface area contributed by atoms with Crippen LogP contribution in [0.15, 0.2) is 36.5 Å². The van der Waals surface area contributed by atoms with Gasteiger partial charge in [0.2, 0.25) is 0 Å². The molecule has 1 saturated heterocycles. The molecule has 1 aliphatic rings. The van der Waals surface area contributed by atoms with Gasteiger partial charge in [-0.05, 0) is 30.4 Å². The van der Waals surface area contributed by atoms with Crippen molar-refractivity contribution in [1.29, 1.82) is 0 Å². The Bertz CT molecular complexity index is 456. The Kier molecular flexibility index (Phi) is 5.00. The zero-order valence-electron chi connectivity index (χ0n) is 10.2. The number of piperidine rings is 1. The number of para-hydroxylation sites is 1. The van der Waals surface area contributed by atoms with Crippen molar-refractivity contribution in [3.8, 4) is 0 Å². The first-order chi connectivity index (χ1) is 8.66. The lowest BCUT2D eigenvalue weighted by Gasteiger charge is -2.30. The van der Waals surface area contributed by atoms with Crippen molar-refractivity contribution in [3.05, 3.63) is 36.5 Å². The number of nitrogens with one attached hydrogen (secondary N) is 1. The first-order valence-electron chi connectivity index (χ1n) is 6.08. The highest BCUT2D eigenvalue weighted by atomic mass is 32.1. The number of thiol groups is 2. The molecule has 0 aliphatic carbocycles. The molecule has 1 aromatic carbocycles. The molecule has 1 aromatic heterocycles. The van der Waals surface area contributed by atoms with Crippen molar-refractivity contribution in [2.24, 2.45) is 5.73 Å². The van der Waals surface area contributed by atoms with E-state index in [9.17, 15) is 0 Å². The Morgan fingerprint density at radius 1 is 1.28 bits per heavy atom. The molecule has 0 radical (unpaired) electrons. The quantitative estimate of drug-likeness (QED) is 0.561. The smallest absolute Gasteiger partial charge is 0.0638 e. The minimum atomic E-state index is 0.247. The molecule has 3 N–H and O–H groups in total. The molecule has 1 fully saturated rings.